The molecule has 0 bridgehead atoms. The van der Waals surface area contributed by atoms with Gasteiger partial charge in [-0.2, -0.15) is 0 Å². The second-order valence-corrected chi connectivity index (χ2v) is 6.09. The highest BCUT2D eigenvalue weighted by Crippen LogP contribution is 2.22. The lowest BCUT2D eigenvalue weighted by Gasteiger charge is -2.16. The lowest BCUT2D eigenvalue weighted by Crippen LogP contribution is -2.31. The number of anilines is 1. The first kappa shape index (κ1) is 18.1. The van der Waals surface area contributed by atoms with E-state index in [-0.39, 0.29) is 12.5 Å². The van der Waals surface area contributed by atoms with Crippen LogP contribution in [0, 0.1) is 32.4 Å². The zero-order chi connectivity index (χ0) is 17.9. The Hall–Kier alpha value is -2.27. The van der Waals surface area contributed by atoms with Crippen molar-refractivity contribution in [3.63, 3.8) is 0 Å². The Bertz CT molecular complexity index is 736. The van der Waals surface area contributed by atoms with E-state index in [0.29, 0.717) is 5.56 Å². The molecule has 0 spiro atoms. The molecule has 24 heavy (non-hydrogen) atoms. The maximum absolute atomic E-state index is 13.7. The molecule has 0 aliphatic carbocycles. The van der Waals surface area contributed by atoms with Crippen LogP contribution in [0.3, 0.4) is 0 Å². The van der Waals surface area contributed by atoms with Crippen LogP contribution in [0.1, 0.15) is 35.2 Å². The number of hydrogen-bond donors (Lipinski definition) is 2. The topological polar surface area (TPSA) is 41.1 Å². The number of nitrogens with one attached hydrogen (secondary N) is 2. The van der Waals surface area contributed by atoms with Crippen molar-refractivity contribution in [3.8, 4) is 0 Å². The van der Waals surface area contributed by atoms with Gasteiger partial charge in [-0.05, 0) is 44.9 Å². The minimum atomic E-state index is -0.624. The van der Waals surface area contributed by atoms with E-state index >= 15 is 0 Å². The number of aryl methyl sites for hydroxylation is 3. The Morgan fingerprint density at radius 3 is 2.29 bits per heavy atom. The molecule has 2 rings (SSSR count). The van der Waals surface area contributed by atoms with Crippen LogP contribution >= 0.6 is 0 Å². The fourth-order valence-corrected chi connectivity index (χ4v) is 2.77. The van der Waals surface area contributed by atoms with Crippen molar-refractivity contribution >= 4 is 11.6 Å². The van der Waals surface area contributed by atoms with E-state index in [4.69, 9.17) is 0 Å². The number of rotatable bonds is 5. The molecular weight excluding hydrogens is 310 g/mol. The number of halogens is 2. The van der Waals surface area contributed by atoms with Crippen LogP contribution in [0.25, 0.3) is 0 Å². The van der Waals surface area contributed by atoms with E-state index < -0.39 is 17.7 Å². The van der Waals surface area contributed by atoms with Crippen molar-refractivity contribution < 1.29 is 13.6 Å². The summed E-state index contributed by atoms with van der Waals surface area (Å²) in [5.74, 6) is -1.45. The average molecular weight is 332 g/mol. The standard InChI is InChI=1S/C19H22F2N2O/c1-11-7-12(2)19(13(3)8-11)23-18(24)10-22-14(4)16-6-5-15(20)9-17(16)21/h5-9,14,22H,10H2,1-4H3,(H,23,24)/t14-/m1/s1. The van der Waals surface area contributed by atoms with Gasteiger partial charge in [-0.25, -0.2) is 8.78 Å². The molecule has 0 radical (unpaired) electrons. The quantitative estimate of drug-likeness (QED) is 0.862. The van der Waals surface area contributed by atoms with Gasteiger partial charge in [0.25, 0.3) is 0 Å². The summed E-state index contributed by atoms with van der Waals surface area (Å²) in [6.07, 6.45) is 0. The van der Waals surface area contributed by atoms with Crippen LogP contribution in [0.4, 0.5) is 14.5 Å². The van der Waals surface area contributed by atoms with Gasteiger partial charge >= 0.3 is 0 Å². The fourth-order valence-electron chi connectivity index (χ4n) is 2.77. The highest BCUT2D eigenvalue weighted by molar-refractivity contribution is 5.93. The number of benzene rings is 2. The zero-order valence-corrected chi connectivity index (χ0v) is 14.3. The molecule has 2 aromatic rings. The summed E-state index contributed by atoms with van der Waals surface area (Å²) in [6.45, 7) is 7.65. The van der Waals surface area contributed by atoms with Crippen LogP contribution in [0.5, 0.6) is 0 Å². The minimum absolute atomic E-state index is 0.0325. The van der Waals surface area contributed by atoms with Crippen LogP contribution in [-0.2, 0) is 4.79 Å². The SMILES string of the molecule is Cc1cc(C)c(NC(=O)CN[C@H](C)c2ccc(F)cc2F)c(C)c1. The van der Waals surface area contributed by atoms with Gasteiger partial charge in [0.2, 0.25) is 5.91 Å². The molecule has 128 valence electrons. The van der Waals surface area contributed by atoms with Crippen molar-refractivity contribution in [2.24, 2.45) is 0 Å². The van der Waals surface area contributed by atoms with Crippen molar-refractivity contribution in [1.29, 1.82) is 0 Å². The van der Waals surface area contributed by atoms with Gasteiger partial charge in [-0.1, -0.05) is 23.8 Å². The van der Waals surface area contributed by atoms with E-state index in [9.17, 15) is 13.6 Å². The molecule has 0 saturated heterocycles. The summed E-state index contributed by atoms with van der Waals surface area (Å²) in [4.78, 5) is 12.1. The van der Waals surface area contributed by atoms with E-state index in [2.05, 4.69) is 10.6 Å². The van der Waals surface area contributed by atoms with Crippen LogP contribution < -0.4 is 10.6 Å². The lowest BCUT2D eigenvalue weighted by molar-refractivity contribution is -0.115. The number of carbonyl (C=O) groups is 1. The van der Waals surface area contributed by atoms with Gasteiger partial charge in [0.15, 0.2) is 0 Å². The molecule has 0 saturated carbocycles. The highest BCUT2D eigenvalue weighted by Gasteiger charge is 2.14. The van der Waals surface area contributed by atoms with Crippen LogP contribution in [0.15, 0.2) is 30.3 Å². The molecule has 0 heterocycles. The van der Waals surface area contributed by atoms with Gasteiger partial charge in [-0.3, -0.25) is 4.79 Å². The van der Waals surface area contributed by atoms with E-state index in [1.165, 1.54) is 12.1 Å². The first-order valence-electron chi connectivity index (χ1n) is 7.84. The summed E-state index contributed by atoms with van der Waals surface area (Å²) in [5, 5.41) is 5.84. The molecule has 0 aliphatic heterocycles. The van der Waals surface area contributed by atoms with Crippen LogP contribution in [-0.4, -0.2) is 12.5 Å². The number of carbonyl (C=O) groups excluding carboxylic acids is 1. The predicted octanol–water partition coefficient (Wildman–Crippen LogP) is 4.18. The summed E-state index contributed by atoms with van der Waals surface area (Å²) < 4.78 is 26.7. The van der Waals surface area contributed by atoms with Crippen LogP contribution in [0.2, 0.25) is 0 Å². The third-order valence-electron chi connectivity index (χ3n) is 3.94. The zero-order valence-electron chi connectivity index (χ0n) is 14.3. The maximum atomic E-state index is 13.7. The van der Waals surface area contributed by atoms with Gasteiger partial charge in [0.1, 0.15) is 11.6 Å². The third-order valence-corrected chi connectivity index (χ3v) is 3.94. The van der Waals surface area contributed by atoms with Crippen molar-refractivity contribution in [2.75, 3.05) is 11.9 Å². The molecule has 0 unspecified atom stereocenters. The molecule has 5 heteroatoms. The van der Waals surface area contributed by atoms with Crippen molar-refractivity contribution in [3.05, 3.63) is 64.2 Å². The Morgan fingerprint density at radius 2 is 1.71 bits per heavy atom. The predicted molar refractivity (Wildman–Crippen MR) is 92.1 cm³/mol. The van der Waals surface area contributed by atoms with E-state index in [1.54, 1.807) is 6.92 Å². The largest absolute Gasteiger partial charge is 0.324 e. The number of amides is 1. The molecule has 1 amide bonds. The molecule has 2 N–H and O–H groups in total. The van der Waals surface area contributed by atoms with E-state index in [0.717, 1.165) is 28.4 Å². The molecule has 0 aliphatic rings. The summed E-state index contributed by atoms with van der Waals surface area (Å²) >= 11 is 0. The Morgan fingerprint density at radius 1 is 1.08 bits per heavy atom. The first-order valence-corrected chi connectivity index (χ1v) is 7.84. The average Bonchev–Trinajstić information content (AvgIpc) is 2.48. The normalized spacial score (nSPS) is 12.1. The Labute approximate surface area is 141 Å². The van der Waals surface area contributed by atoms with Gasteiger partial charge in [0.05, 0.1) is 6.54 Å². The monoisotopic (exact) mass is 332 g/mol. The molecule has 0 fully saturated rings. The van der Waals surface area contributed by atoms with Crippen molar-refractivity contribution in [2.45, 2.75) is 33.7 Å². The Kier molecular flexibility index (Phi) is 5.67. The summed E-state index contributed by atoms with van der Waals surface area (Å²) in [6, 6.07) is 7.03. The fraction of sp³-hybridized carbons (Fsp3) is 0.316. The lowest BCUT2D eigenvalue weighted by atomic mass is 10.1. The minimum Gasteiger partial charge on any atom is -0.324 e. The van der Waals surface area contributed by atoms with Gasteiger partial charge in [-0.15, -0.1) is 0 Å². The molecule has 1 atom stereocenters. The molecule has 2 aromatic carbocycles. The van der Waals surface area contributed by atoms with Gasteiger partial charge in [0, 0.05) is 23.4 Å². The third kappa shape index (κ3) is 4.38. The second kappa shape index (κ2) is 7.53. The summed E-state index contributed by atoms with van der Waals surface area (Å²) in [7, 11) is 0. The molecule has 3 nitrogen and oxygen atoms in total. The first-order chi connectivity index (χ1) is 11.3. The highest BCUT2D eigenvalue weighted by atomic mass is 19.1. The van der Waals surface area contributed by atoms with Crippen molar-refractivity contribution in [1.82, 2.24) is 5.32 Å². The molecule has 0 aromatic heterocycles. The number of hydrogen-bond acceptors (Lipinski definition) is 2. The van der Waals surface area contributed by atoms with E-state index in [1.807, 2.05) is 32.9 Å². The maximum Gasteiger partial charge on any atom is 0.238 e. The smallest absolute Gasteiger partial charge is 0.238 e. The second-order valence-electron chi connectivity index (χ2n) is 6.09. The Balaban J connectivity index is 1.98. The van der Waals surface area contributed by atoms with Gasteiger partial charge < -0.3 is 10.6 Å². The summed E-state index contributed by atoms with van der Waals surface area (Å²) in [5.41, 5.74) is 4.26. The molecular formula is C19H22F2N2O.